The van der Waals surface area contributed by atoms with Gasteiger partial charge in [-0.25, -0.2) is 9.07 Å². The molecule has 2 heterocycles. The van der Waals surface area contributed by atoms with Crippen LogP contribution in [0.4, 0.5) is 10.2 Å². The van der Waals surface area contributed by atoms with Crippen LogP contribution in [0.1, 0.15) is 16.1 Å². The number of hydrogen-bond acceptors (Lipinski definition) is 4. The molecule has 0 spiro atoms. The average molecular weight is 574 g/mol. The Morgan fingerprint density at radius 2 is 1.73 bits per heavy atom. The fraction of sp³-hybridized carbons (Fsp3) is 0.0952. The van der Waals surface area contributed by atoms with Gasteiger partial charge < -0.3 is 10.1 Å². The lowest BCUT2D eigenvalue weighted by atomic mass is 10.2. The molecule has 0 unspecified atom stereocenters. The molecule has 0 fully saturated rings. The second kappa shape index (κ2) is 10.1. The van der Waals surface area contributed by atoms with Gasteiger partial charge in [-0.2, -0.15) is 10.2 Å². The number of aromatic nitrogens is 4. The summed E-state index contributed by atoms with van der Waals surface area (Å²) in [6.07, 6.45) is 3.19. The summed E-state index contributed by atoms with van der Waals surface area (Å²) in [5.74, 6) is -0.349. The van der Waals surface area contributed by atoms with Gasteiger partial charge in [0.1, 0.15) is 5.82 Å². The normalized spacial score (nSPS) is 10.9. The van der Waals surface area contributed by atoms with E-state index in [1.807, 2.05) is 0 Å². The van der Waals surface area contributed by atoms with Gasteiger partial charge in [-0.15, -0.1) is 0 Å². The molecule has 4 aromatic rings. The molecule has 12 heteroatoms. The van der Waals surface area contributed by atoms with Crippen molar-refractivity contribution in [1.82, 2.24) is 19.6 Å². The van der Waals surface area contributed by atoms with Crippen molar-refractivity contribution in [2.45, 2.75) is 13.3 Å². The van der Waals surface area contributed by atoms with Crippen LogP contribution in [0.15, 0.2) is 59.3 Å². The maximum absolute atomic E-state index is 14.1. The molecule has 0 aliphatic carbocycles. The molecule has 1 amide bonds. The van der Waals surface area contributed by atoms with Crippen molar-refractivity contribution in [1.29, 1.82) is 0 Å². The van der Waals surface area contributed by atoms with Crippen LogP contribution >= 0.6 is 50.7 Å². The van der Waals surface area contributed by atoms with E-state index in [0.29, 0.717) is 25.8 Å². The summed E-state index contributed by atoms with van der Waals surface area (Å²) >= 11 is 21.6. The Kier molecular flexibility index (Phi) is 7.23. The molecule has 2 aromatic heterocycles. The second-order valence-electron chi connectivity index (χ2n) is 6.74. The number of anilines is 1. The maximum Gasteiger partial charge on any atom is 0.277 e. The molecular weight excluding hydrogens is 560 g/mol. The minimum atomic E-state index is -0.487. The predicted molar refractivity (Wildman–Crippen MR) is 128 cm³/mol. The van der Waals surface area contributed by atoms with Crippen LogP contribution in [-0.2, 0) is 13.3 Å². The predicted octanol–water partition coefficient (Wildman–Crippen LogP) is 6.28. The molecule has 2 aromatic carbocycles. The van der Waals surface area contributed by atoms with Crippen molar-refractivity contribution in [3.05, 3.63) is 91.5 Å². The largest absolute Gasteiger partial charge is 0.468 e. The first kappa shape index (κ1) is 23.6. The molecule has 0 aliphatic heterocycles. The first-order valence-corrected chi connectivity index (χ1v) is 11.3. The number of rotatable bonds is 7. The van der Waals surface area contributed by atoms with Crippen LogP contribution in [-0.4, -0.2) is 25.5 Å². The highest BCUT2D eigenvalue weighted by Crippen LogP contribution is 2.32. The highest BCUT2D eigenvalue weighted by Gasteiger charge is 2.16. The number of halogens is 5. The van der Waals surface area contributed by atoms with Crippen molar-refractivity contribution in [3.63, 3.8) is 0 Å². The number of benzene rings is 2. The van der Waals surface area contributed by atoms with Gasteiger partial charge in [0.05, 0.1) is 21.1 Å². The van der Waals surface area contributed by atoms with E-state index in [2.05, 4.69) is 31.4 Å². The molecule has 0 bridgehead atoms. The topological polar surface area (TPSA) is 74.0 Å². The Morgan fingerprint density at radius 3 is 2.45 bits per heavy atom. The molecular formula is C21H14BrCl3FN5O2. The molecule has 33 heavy (non-hydrogen) atoms. The summed E-state index contributed by atoms with van der Waals surface area (Å²) in [7, 11) is 0. The molecule has 170 valence electrons. The van der Waals surface area contributed by atoms with Crippen LogP contribution in [0.5, 0.6) is 5.75 Å². The molecule has 0 saturated heterocycles. The Labute approximate surface area is 211 Å². The SMILES string of the molecule is O=C(Nc1nn(Cc2c(F)cccc2Cl)cc1Br)c1ccn(COc2c(Cl)cccc2Cl)n1. The summed E-state index contributed by atoms with van der Waals surface area (Å²) in [5.41, 5.74) is 0.437. The zero-order chi connectivity index (χ0) is 23.5. The Bertz CT molecular complexity index is 1290. The van der Waals surface area contributed by atoms with Gasteiger partial charge in [0.2, 0.25) is 0 Å². The summed E-state index contributed by atoms with van der Waals surface area (Å²) in [4.78, 5) is 12.6. The van der Waals surface area contributed by atoms with E-state index in [4.69, 9.17) is 39.5 Å². The zero-order valence-electron chi connectivity index (χ0n) is 16.6. The summed E-state index contributed by atoms with van der Waals surface area (Å²) in [6.45, 7) is 0.0923. The zero-order valence-corrected chi connectivity index (χ0v) is 20.5. The van der Waals surface area contributed by atoms with Crippen LogP contribution in [0, 0.1) is 5.82 Å². The lowest BCUT2D eigenvalue weighted by molar-refractivity contribution is 0.101. The standard InChI is InChI=1S/C21H14BrCl3FN5O2/c22-13-10-31(9-12-14(23)3-2-6-17(12)26)29-20(13)27-21(32)18-7-8-30(28-18)11-33-19-15(24)4-1-5-16(19)25/h1-8,10H,9,11H2,(H,27,29,32). The van der Waals surface area contributed by atoms with Gasteiger partial charge in [-0.3, -0.25) is 9.48 Å². The van der Waals surface area contributed by atoms with E-state index >= 15 is 0 Å². The molecule has 0 saturated carbocycles. The van der Waals surface area contributed by atoms with Crippen molar-refractivity contribution in [2.24, 2.45) is 0 Å². The van der Waals surface area contributed by atoms with E-state index in [1.165, 1.54) is 27.6 Å². The number of para-hydroxylation sites is 1. The number of carbonyl (C=O) groups excluding carboxylic acids is 1. The fourth-order valence-corrected chi connectivity index (χ4v) is 4.03. The summed E-state index contributed by atoms with van der Waals surface area (Å²) in [5, 5.41) is 12.1. The molecule has 0 atom stereocenters. The number of ether oxygens (including phenoxy) is 1. The van der Waals surface area contributed by atoms with E-state index in [-0.39, 0.29) is 29.8 Å². The monoisotopic (exact) mass is 571 g/mol. The minimum Gasteiger partial charge on any atom is -0.468 e. The highest BCUT2D eigenvalue weighted by molar-refractivity contribution is 9.10. The van der Waals surface area contributed by atoms with E-state index in [0.717, 1.165) is 0 Å². The molecule has 1 N–H and O–H groups in total. The van der Waals surface area contributed by atoms with Crippen molar-refractivity contribution in [2.75, 3.05) is 5.32 Å². The third-order valence-corrected chi connectivity index (χ3v) is 5.99. The van der Waals surface area contributed by atoms with Gasteiger partial charge in [-0.05, 0) is 46.3 Å². The molecule has 0 radical (unpaired) electrons. The quantitative estimate of drug-likeness (QED) is 0.283. The average Bonchev–Trinajstić information content (AvgIpc) is 3.37. The maximum atomic E-state index is 14.1. The van der Waals surface area contributed by atoms with Crippen molar-refractivity contribution >= 4 is 62.5 Å². The van der Waals surface area contributed by atoms with Crippen LogP contribution in [0.25, 0.3) is 0 Å². The first-order valence-electron chi connectivity index (χ1n) is 9.39. The number of amides is 1. The number of carbonyl (C=O) groups is 1. The lowest BCUT2D eigenvalue weighted by Crippen LogP contribution is -2.15. The number of hydrogen-bond donors (Lipinski definition) is 1. The number of nitrogens with one attached hydrogen (secondary N) is 1. The van der Waals surface area contributed by atoms with Crippen LogP contribution < -0.4 is 10.1 Å². The third kappa shape index (κ3) is 5.50. The van der Waals surface area contributed by atoms with Crippen molar-refractivity contribution < 1.29 is 13.9 Å². The third-order valence-electron chi connectivity index (χ3n) is 4.46. The van der Waals surface area contributed by atoms with E-state index < -0.39 is 11.7 Å². The van der Waals surface area contributed by atoms with Crippen LogP contribution in [0.3, 0.4) is 0 Å². The lowest BCUT2D eigenvalue weighted by Gasteiger charge is -2.09. The first-order chi connectivity index (χ1) is 15.8. The summed E-state index contributed by atoms with van der Waals surface area (Å²) in [6, 6.07) is 11.0. The van der Waals surface area contributed by atoms with Gasteiger partial charge in [-0.1, -0.05) is 46.9 Å². The molecule has 4 rings (SSSR count). The van der Waals surface area contributed by atoms with E-state index in [1.54, 1.807) is 36.7 Å². The van der Waals surface area contributed by atoms with Gasteiger partial charge >= 0.3 is 0 Å². The van der Waals surface area contributed by atoms with Gasteiger partial charge in [0.25, 0.3) is 5.91 Å². The van der Waals surface area contributed by atoms with E-state index in [9.17, 15) is 9.18 Å². The number of nitrogens with zero attached hydrogens (tertiary/aromatic N) is 4. The van der Waals surface area contributed by atoms with Gasteiger partial charge in [0.15, 0.2) is 24.0 Å². The Balaban J connectivity index is 1.41. The minimum absolute atomic E-state index is 0.00153. The summed E-state index contributed by atoms with van der Waals surface area (Å²) < 4.78 is 23.0. The molecule has 0 aliphatic rings. The smallest absolute Gasteiger partial charge is 0.277 e. The molecule has 7 nitrogen and oxygen atoms in total. The highest BCUT2D eigenvalue weighted by atomic mass is 79.9. The fourth-order valence-electron chi connectivity index (χ4n) is 2.89. The van der Waals surface area contributed by atoms with Crippen LogP contribution in [0.2, 0.25) is 15.1 Å². The Morgan fingerprint density at radius 1 is 1.03 bits per heavy atom. The Hall–Kier alpha value is -2.59. The second-order valence-corrected chi connectivity index (χ2v) is 8.82. The van der Waals surface area contributed by atoms with Gasteiger partial charge in [0, 0.05) is 23.0 Å². The van der Waals surface area contributed by atoms with Crippen molar-refractivity contribution in [3.8, 4) is 5.75 Å².